The molecule has 1 aliphatic heterocycles. The van der Waals surface area contributed by atoms with Gasteiger partial charge >= 0.3 is 7.60 Å². The van der Waals surface area contributed by atoms with Crippen LogP contribution in [-0.2, 0) is 13.6 Å². The van der Waals surface area contributed by atoms with Gasteiger partial charge in [-0.2, -0.15) is 9.97 Å². The number of hydrogen-bond donors (Lipinski definition) is 4. The predicted molar refractivity (Wildman–Crippen MR) is 182 cm³/mol. The van der Waals surface area contributed by atoms with Gasteiger partial charge in [0, 0.05) is 50.9 Å². The minimum absolute atomic E-state index is 0.274. The Morgan fingerprint density at radius 1 is 0.955 bits per heavy atom. The van der Waals surface area contributed by atoms with Crippen molar-refractivity contribution >= 4 is 25.2 Å². The van der Waals surface area contributed by atoms with Gasteiger partial charge in [0.25, 0.3) is 0 Å². The molecule has 11 nitrogen and oxygen atoms in total. The molecular formula is C32H61N8O3P. The molecule has 252 valence electrons. The quantitative estimate of drug-likeness (QED) is 0.129. The lowest BCUT2D eigenvalue weighted by molar-refractivity contribution is 0.184. The first-order valence-corrected chi connectivity index (χ1v) is 19.3. The lowest BCUT2D eigenvalue weighted by atomic mass is 9.82. The Bertz CT molecular complexity index is 996. The molecule has 12 heteroatoms. The first-order valence-electron chi connectivity index (χ1n) is 17.6. The van der Waals surface area contributed by atoms with E-state index in [9.17, 15) is 4.57 Å². The molecule has 4 rings (SSSR count). The monoisotopic (exact) mass is 636 g/mol. The van der Waals surface area contributed by atoms with Crippen LogP contribution in [0.5, 0.6) is 0 Å². The van der Waals surface area contributed by atoms with Crippen LogP contribution in [0.1, 0.15) is 85.0 Å². The first kappa shape index (κ1) is 35.4. The molecule has 0 amide bonds. The third-order valence-electron chi connectivity index (χ3n) is 9.65. The third kappa shape index (κ3) is 11.7. The molecule has 2 aliphatic carbocycles. The summed E-state index contributed by atoms with van der Waals surface area (Å²) in [6.45, 7) is 14.2. The normalized spacial score (nSPS) is 24.1. The molecule has 1 aromatic heterocycles. The number of rotatable bonds is 18. The summed E-state index contributed by atoms with van der Waals surface area (Å²) in [5.41, 5.74) is 6.22. The van der Waals surface area contributed by atoms with Crippen molar-refractivity contribution in [1.82, 2.24) is 25.5 Å². The molecule has 0 aromatic carbocycles. The Balaban J connectivity index is 1.13. The van der Waals surface area contributed by atoms with Gasteiger partial charge in [-0.05, 0) is 97.2 Å². The number of hydrogen-bond acceptors (Lipinski definition) is 11. The largest absolute Gasteiger partial charge is 0.383 e. The van der Waals surface area contributed by atoms with Gasteiger partial charge in [0.2, 0.25) is 5.95 Å². The van der Waals surface area contributed by atoms with Gasteiger partial charge in [0.1, 0.15) is 11.6 Å². The van der Waals surface area contributed by atoms with Gasteiger partial charge in [0.15, 0.2) is 0 Å². The van der Waals surface area contributed by atoms with Crippen LogP contribution in [0, 0.1) is 11.8 Å². The summed E-state index contributed by atoms with van der Waals surface area (Å²) in [5, 5.41) is 11.0. The van der Waals surface area contributed by atoms with E-state index in [0.717, 1.165) is 63.6 Å². The van der Waals surface area contributed by atoms with Crippen molar-refractivity contribution in [3.8, 4) is 0 Å². The van der Waals surface area contributed by atoms with Gasteiger partial charge in [-0.25, -0.2) is 0 Å². The number of nitrogens with zero attached hydrogens (tertiary/aromatic N) is 4. The fourth-order valence-electron chi connectivity index (χ4n) is 7.05. The van der Waals surface area contributed by atoms with Gasteiger partial charge in [0.05, 0.1) is 19.4 Å². The molecule has 2 heterocycles. The van der Waals surface area contributed by atoms with Crippen molar-refractivity contribution in [1.29, 1.82) is 0 Å². The number of nitrogens with two attached hydrogens (primary N) is 1. The van der Waals surface area contributed by atoms with Crippen molar-refractivity contribution < 1.29 is 13.6 Å². The molecule has 2 saturated carbocycles. The second kappa shape index (κ2) is 18.6. The Kier molecular flexibility index (Phi) is 15.0. The highest BCUT2D eigenvalue weighted by Crippen LogP contribution is 2.47. The number of nitrogens with one attached hydrogen (secondary N) is 3. The standard InChI is InChI=1S/C32H61N8O3P/c1-4-42-44(41,43-5-2)21-20-39-18-19-40(25-26(39)3)31-22-30(33)37-32(38-31)36-24-28-14-12-27(13-15-28)23-34-16-9-17-35-29-10-7-6-8-11-29/h22,26-29,34-35H,4-21,23-25H2,1-3H3,(H3,33,36,37,38). The van der Waals surface area contributed by atoms with Crippen LogP contribution in [0.25, 0.3) is 0 Å². The fraction of sp³-hybridized carbons (Fsp3) is 0.875. The van der Waals surface area contributed by atoms with E-state index in [1.165, 1.54) is 64.2 Å². The smallest absolute Gasteiger partial charge is 0.331 e. The van der Waals surface area contributed by atoms with Gasteiger partial charge < -0.3 is 35.6 Å². The molecule has 0 bridgehead atoms. The van der Waals surface area contributed by atoms with Gasteiger partial charge in [-0.1, -0.05) is 19.3 Å². The van der Waals surface area contributed by atoms with E-state index in [1.54, 1.807) is 0 Å². The molecule has 44 heavy (non-hydrogen) atoms. The molecule has 1 atom stereocenters. The van der Waals surface area contributed by atoms with Gasteiger partial charge in [-0.15, -0.1) is 0 Å². The van der Waals surface area contributed by atoms with E-state index in [-0.39, 0.29) is 6.04 Å². The highest BCUT2D eigenvalue weighted by atomic mass is 31.2. The van der Waals surface area contributed by atoms with Crippen molar-refractivity contribution in [2.24, 2.45) is 11.8 Å². The SMILES string of the molecule is CCOP(=O)(CCN1CCN(c2cc(N)nc(NCC3CCC(CNCCCNC4CCCCC4)CC3)n2)CC1C)OCC. The summed E-state index contributed by atoms with van der Waals surface area (Å²) in [6, 6.07) is 2.91. The summed E-state index contributed by atoms with van der Waals surface area (Å²) in [5.74, 6) is 3.41. The number of aromatic nitrogens is 2. The molecule has 1 saturated heterocycles. The molecule has 3 fully saturated rings. The molecular weight excluding hydrogens is 575 g/mol. The number of anilines is 3. The van der Waals surface area contributed by atoms with E-state index < -0.39 is 7.60 Å². The molecule has 1 aromatic rings. The second-order valence-electron chi connectivity index (χ2n) is 13.1. The zero-order valence-corrected chi connectivity index (χ0v) is 28.7. The van der Waals surface area contributed by atoms with Crippen LogP contribution in [-0.4, -0.2) is 98.7 Å². The van der Waals surface area contributed by atoms with Crippen LogP contribution in [0.15, 0.2) is 6.07 Å². The number of nitrogen functional groups attached to an aromatic ring is 1. The molecule has 0 radical (unpaired) electrons. The Morgan fingerprint density at radius 3 is 2.34 bits per heavy atom. The maximum Gasteiger partial charge on any atom is 0.331 e. The van der Waals surface area contributed by atoms with E-state index in [2.05, 4.69) is 37.7 Å². The highest BCUT2D eigenvalue weighted by molar-refractivity contribution is 7.53. The average molecular weight is 637 g/mol. The first-order chi connectivity index (χ1) is 21.4. The third-order valence-corrected chi connectivity index (χ3v) is 11.7. The van der Waals surface area contributed by atoms with E-state index in [0.29, 0.717) is 43.6 Å². The molecule has 1 unspecified atom stereocenters. The maximum atomic E-state index is 12.9. The topological polar surface area (TPSA) is 130 Å². The van der Waals surface area contributed by atoms with Gasteiger partial charge in [-0.3, -0.25) is 9.46 Å². The maximum absolute atomic E-state index is 12.9. The fourth-order valence-corrected chi connectivity index (χ4v) is 8.67. The summed E-state index contributed by atoms with van der Waals surface area (Å²) >= 11 is 0. The van der Waals surface area contributed by atoms with Crippen LogP contribution in [0.2, 0.25) is 0 Å². The van der Waals surface area contributed by atoms with E-state index in [1.807, 2.05) is 19.9 Å². The minimum Gasteiger partial charge on any atom is -0.383 e. The lowest BCUT2D eigenvalue weighted by Gasteiger charge is -2.40. The molecule has 5 N–H and O–H groups in total. The summed E-state index contributed by atoms with van der Waals surface area (Å²) in [6.07, 6.45) is 13.7. The summed E-state index contributed by atoms with van der Waals surface area (Å²) < 4.78 is 23.9. The van der Waals surface area contributed by atoms with Crippen LogP contribution >= 0.6 is 7.60 Å². The molecule has 0 spiro atoms. The Hall–Kier alpha value is -1.49. The van der Waals surface area contributed by atoms with Crippen LogP contribution < -0.4 is 26.6 Å². The van der Waals surface area contributed by atoms with Crippen molar-refractivity contribution in [3.63, 3.8) is 0 Å². The highest BCUT2D eigenvalue weighted by Gasteiger charge is 2.30. The lowest BCUT2D eigenvalue weighted by Crippen LogP contribution is -2.52. The average Bonchev–Trinajstić information content (AvgIpc) is 3.02. The Morgan fingerprint density at radius 2 is 1.66 bits per heavy atom. The summed E-state index contributed by atoms with van der Waals surface area (Å²) in [4.78, 5) is 14.0. The minimum atomic E-state index is -3.04. The van der Waals surface area contributed by atoms with Crippen molar-refractivity contribution in [3.05, 3.63) is 6.07 Å². The number of piperazine rings is 1. The van der Waals surface area contributed by atoms with E-state index in [4.69, 9.17) is 19.8 Å². The molecule has 3 aliphatic rings. The predicted octanol–water partition coefficient (Wildman–Crippen LogP) is 4.96. The summed E-state index contributed by atoms with van der Waals surface area (Å²) in [7, 11) is -3.04. The van der Waals surface area contributed by atoms with Crippen molar-refractivity contribution in [2.75, 3.05) is 87.7 Å². The van der Waals surface area contributed by atoms with Crippen molar-refractivity contribution in [2.45, 2.75) is 97.1 Å². The zero-order chi connectivity index (χ0) is 31.2. The zero-order valence-electron chi connectivity index (χ0n) is 27.8. The van der Waals surface area contributed by atoms with Crippen LogP contribution in [0.3, 0.4) is 0 Å². The second-order valence-corrected chi connectivity index (χ2v) is 15.3. The van der Waals surface area contributed by atoms with Crippen LogP contribution in [0.4, 0.5) is 17.6 Å². The van der Waals surface area contributed by atoms with E-state index >= 15 is 0 Å². The Labute approximate surface area is 266 Å².